The van der Waals surface area contributed by atoms with Gasteiger partial charge in [-0.3, -0.25) is 4.79 Å². The van der Waals surface area contributed by atoms with Crippen molar-refractivity contribution < 1.29 is 23.1 Å². The van der Waals surface area contributed by atoms with E-state index in [0.717, 1.165) is 0 Å². The first-order chi connectivity index (χ1) is 9.17. The lowest BCUT2D eigenvalue weighted by molar-refractivity contribution is -0.198. The molecule has 0 aromatic rings. The van der Waals surface area contributed by atoms with Gasteiger partial charge in [0.05, 0.1) is 5.92 Å². The molecule has 0 radical (unpaired) electrons. The standard InChI is InChI=1S/C14H24F3NO2/c1-13(2,7-8-19)9-18-12(20)10-5-3-4-6-11(10)14(15,16)17/h10-11,19H,3-9H2,1-2H3,(H,18,20). The Bertz CT molecular complexity index is 329. The van der Waals surface area contributed by atoms with Crippen LogP contribution in [0.2, 0.25) is 0 Å². The van der Waals surface area contributed by atoms with Gasteiger partial charge in [-0.05, 0) is 24.7 Å². The van der Waals surface area contributed by atoms with Gasteiger partial charge >= 0.3 is 6.18 Å². The Morgan fingerprint density at radius 3 is 2.40 bits per heavy atom. The number of nitrogens with one attached hydrogen (secondary N) is 1. The van der Waals surface area contributed by atoms with Crippen LogP contribution in [0.5, 0.6) is 0 Å². The average Bonchev–Trinajstić information content (AvgIpc) is 2.35. The minimum atomic E-state index is -4.30. The summed E-state index contributed by atoms with van der Waals surface area (Å²) in [6, 6.07) is 0. The third-order valence-electron chi connectivity index (χ3n) is 4.05. The van der Waals surface area contributed by atoms with Crippen molar-refractivity contribution in [2.45, 2.75) is 52.1 Å². The van der Waals surface area contributed by atoms with E-state index in [-0.39, 0.29) is 25.0 Å². The van der Waals surface area contributed by atoms with Gasteiger partial charge in [0.25, 0.3) is 0 Å². The summed E-state index contributed by atoms with van der Waals surface area (Å²) in [6.07, 6.45) is -2.25. The number of carbonyl (C=O) groups excluding carboxylic acids is 1. The number of aliphatic hydroxyl groups is 1. The molecule has 1 rings (SSSR count). The van der Waals surface area contributed by atoms with E-state index in [9.17, 15) is 18.0 Å². The summed E-state index contributed by atoms with van der Waals surface area (Å²) in [5.74, 6) is -2.98. The van der Waals surface area contributed by atoms with E-state index < -0.39 is 23.9 Å². The molecule has 0 spiro atoms. The summed E-state index contributed by atoms with van der Waals surface area (Å²) in [5, 5.41) is 11.5. The van der Waals surface area contributed by atoms with Crippen LogP contribution in [-0.4, -0.2) is 30.3 Å². The second-order valence-electron chi connectivity index (χ2n) is 6.39. The van der Waals surface area contributed by atoms with E-state index in [1.165, 1.54) is 0 Å². The summed E-state index contributed by atoms with van der Waals surface area (Å²) in [5.41, 5.74) is -0.313. The molecule has 1 fully saturated rings. The number of amides is 1. The normalized spacial score (nSPS) is 24.5. The van der Waals surface area contributed by atoms with Crippen LogP contribution in [0.3, 0.4) is 0 Å². The molecule has 1 amide bonds. The van der Waals surface area contributed by atoms with Crippen LogP contribution in [-0.2, 0) is 4.79 Å². The summed E-state index contributed by atoms with van der Waals surface area (Å²) in [6.45, 7) is 4.02. The molecule has 118 valence electrons. The maximum absolute atomic E-state index is 12.9. The predicted octanol–water partition coefficient (Wildman–Crippen LogP) is 2.88. The van der Waals surface area contributed by atoms with Gasteiger partial charge < -0.3 is 10.4 Å². The molecule has 0 aliphatic heterocycles. The van der Waals surface area contributed by atoms with E-state index in [4.69, 9.17) is 5.11 Å². The van der Waals surface area contributed by atoms with Gasteiger partial charge in [0.15, 0.2) is 0 Å². The first kappa shape index (κ1) is 17.3. The van der Waals surface area contributed by atoms with Gasteiger partial charge in [-0.15, -0.1) is 0 Å². The SMILES string of the molecule is CC(C)(CCO)CNC(=O)C1CCCCC1C(F)(F)F. The van der Waals surface area contributed by atoms with Gasteiger partial charge in [0.1, 0.15) is 0 Å². The van der Waals surface area contributed by atoms with Crippen molar-refractivity contribution in [3.8, 4) is 0 Å². The van der Waals surface area contributed by atoms with Crippen molar-refractivity contribution in [1.29, 1.82) is 0 Å². The highest BCUT2D eigenvalue weighted by atomic mass is 19.4. The van der Waals surface area contributed by atoms with Gasteiger partial charge in [-0.2, -0.15) is 13.2 Å². The zero-order valence-electron chi connectivity index (χ0n) is 12.1. The molecule has 1 aliphatic carbocycles. The molecule has 2 unspecified atom stereocenters. The lowest BCUT2D eigenvalue weighted by Crippen LogP contribution is -2.45. The maximum Gasteiger partial charge on any atom is 0.392 e. The molecule has 20 heavy (non-hydrogen) atoms. The number of aliphatic hydroxyl groups excluding tert-OH is 1. The lowest BCUT2D eigenvalue weighted by Gasteiger charge is -2.33. The van der Waals surface area contributed by atoms with Crippen LogP contribution in [0.25, 0.3) is 0 Å². The minimum Gasteiger partial charge on any atom is -0.396 e. The third-order valence-corrected chi connectivity index (χ3v) is 4.05. The van der Waals surface area contributed by atoms with E-state index in [2.05, 4.69) is 5.32 Å². The molecule has 1 saturated carbocycles. The van der Waals surface area contributed by atoms with Crippen LogP contribution in [0.15, 0.2) is 0 Å². The Morgan fingerprint density at radius 2 is 1.85 bits per heavy atom. The third kappa shape index (κ3) is 4.96. The average molecular weight is 295 g/mol. The second kappa shape index (κ2) is 6.78. The topological polar surface area (TPSA) is 49.3 Å². The summed E-state index contributed by atoms with van der Waals surface area (Å²) < 4.78 is 38.8. The molecule has 0 bridgehead atoms. The van der Waals surface area contributed by atoms with Crippen LogP contribution in [0.4, 0.5) is 13.2 Å². The van der Waals surface area contributed by atoms with E-state index in [1.54, 1.807) is 0 Å². The number of hydrogen-bond acceptors (Lipinski definition) is 2. The van der Waals surface area contributed by atoms with Crippen LogP contribution < -0.4 is 5.32 Å². The Morgan fingerprint density at radius 1 is 1.25 bits per heavy atom. The first-order valence-electron chi connectivity index (χ1n) is 7.13. The van der Waals surface area contributed by atoms with Crippen molar-refractivity contribution in [2.24, 2.45) is 17.3 Å². The zero-order chi connectivity index (χ0) is 15.4. The van der Waals surface area contributed by atoms with Crippen molar-refractivity contribution >= 4 is 5.91 Å². The Kier molecular flexibility index (Phi) is 5.86. The number of carbonyl (C=O) groups is 1. The lowest BCUT2D eigenvalue weighted by atomic mass is 9.78. The Hall–Kier alpha value is -0.780. The molecule has 3 nitrogen and oxygen atoms in total. The van der Waals surface area contributed by atoms with E-state index >= 15 is 0 Å². The highest BCUT2D eigenvalue weighted by Gasteiger charge is 2.48. The molecule has 2 atom stereocenters. The molecule has 0 aromatic heterocycles. The first-order valence-corrected chi connectivity index (χ1v) is 7.13. The van der Waals surface area contributed by atoms with Crippen molar-refractivity contribution in [3.63, 3.8) is 0 Å². The molecule has 0 aromatic carbocycles. The van der Waals surface area contributed by atoms with Gasteiger partial charge in [-0.1, -0.05) is 26.7 Å². The number of alkyl halides is 3. The summed E-state index contributed by atoms with van der Waals surface area (Å²) >= 11 is 0. The predicted molar refractivity (Wildman–Crippen MR) is 70.0 cm³/mol. The monoisotopic (exact) mass is 295 g/mol. The smallest absolute Gasteiger partial charge is 0.392 e. The molecule has 0 heterocycles. The quantitative estimate of drug-likeness (QED) is 0.819. The van der Waals surface area contributed by atoms with E-state index in [1.807, 2.05) is 13.8 Å². The fourth-order valence-electron chi connectivity index (χ4n) is 2.69. The Balaban J connectivity index is 2.60. The minimum absolute atomic E-state index is 0.00250. The fourth-order valence-corrected chi connectivity index (χ4v) is 2.69. The molecule has 2 N–H and O–H groups in total. The van der Waals surface area contributed by atoms with Gasteiger partial charge in [0, 0.05) is 19.1 Å². The zero-order valence-corrected chi connectivity index (χ0v) is 12.1. The van der Waals surface area contributed by atoms with Crippen molar-refractivity contribution in [3.05, 3.63) is 0 Å². The highest BCUT2D eigenvalue weighted by Crippen LogP contribution is 2.41. The summed E-state index contributed by atoms with van der Waals surface area (Å²) in [7, 11) is 0. The molecule has 6 heteroatoms. The second-order valence-corrected chi connectivity index (χ2v) is 6.39. The van der Waals surface area contributed by atoms with Crippen LogP contribution in [0.1, 0.15) is 46.0 Å². The van der Waals surface area contributed by atoms with Gasteiger partial charge in [0.2, 0.25) is 5.91 Å². The summed E-state index contributed by atoms with van der Waals surface area (Å²) in [4.78, 5) is 12.0. The molecular weight excluding hydrogens is 271 g/mol. The maximum atomic E-state index is 12.9. The fraction of sp³-hybridized carbons (Fsp3) is 0.929. The molecule has 0 saturated heterocycles. The van der Waals surface area contributed by atoms with Crippen LogP contribution >= 0.6 is 0 Å². The Labute approximate surface area is 117 Å². The highest BCUT2D eigenvalue weighted by molar-refractivity contribution is 5.79. The largest absolute Gasteiger partial charge is 0.396 e. The number of rotatable bonds is 5. The van der Waals surface area contributed by atoms with Crippen molar-refractivity contribution in [2.75, 3.05) is 13.2 Å². The van der Waals surface area contributed by atoms with E-state index in [0.29, 0.717) is 25.7 Å². The number of halogens is 3. The number of hydrogen-bond donors (Lipinski definition) is 2. The molecular formula is C14H24F3NO2. The molecule has 1 aliphatic rings. The van der Waals surface area contributed by atoms with Crippen LogP contribution in [0, 0.1) is 17.3 Å². The van der Waals surface area contributed by atoms with Gasteiger partial charge in [-0.25, -0.2) is 0 Å². The van der Waals surface area contributed by atoms with Crippen molar-refractivity contribution in [1.82, 2.24) is 5.32 Å².